The first kappa shape index (κ1) is 29.6. The summed E-state index contributed by atoms with van der Waals surface area (Å²) in [7, 11) is 5.46. The van der Waals surface area contributed by atoms with Gasteiger partial charge in [0.25, 0.3) is 0 Å². The Labute approximate surface area is 189 Å². The van der Waals surface area contributed by atoms with Crippen LogP contribution in [-0.2, 0) is 19.1 Å². The standard InChI is InChI=1S/C24H45NO6/c1-5-6-7-8-9-10-11-12-13-14-15-16-23(27)31-20-21(26)19-30-18-17-22(24(28)29)25(2,3)4/h8-9,21-22,26H,5-7,10-20H2,1-4H3/p+1/b9-8+. The van der Waals surface area contributed by atoms with E-state index in [1.54, 1.807) is 0 Å². The number of esters is 1. The summed E-state index contributed by atoms with van der Waals surface area (Å²) in [6.45, 7) is 2.35. The zero-order valence-electron chi connectivity index (χ0n) is 20.2. The average molecular weight is 445 g/mol. The molecule has 0 aliphatic carbocycles. The fraction of sp³-hybridized carbons (Fsp3) is 0.833. The van der Waals surface area contributed by atoms with E-state index < -0.39 is 18.1 Å². The van der Waals surface area contributed by atoms with Gasteiger partial charge < -0.3 is 24.2 Å². The van der Waals surface area contributed by atoms with Crippen LogP contribution < -0.4 is 0 Å². The summed E-state index contributed by atoms with van der Waals surface area (Å²) in [5, 5.41) is 19.1. The summed E-state index contributed by atoms with van der Waals surface area (Å²) < 4.78 is 10.7. The van der Waals surface area contributed by atoms with Gasteiger partial charge in [-0.15, -0.1) is 0 Å². The van der Waals surface area contributed by atoms with Crippen molar-refractivity contribution in [2.45, 2.75) is 89.7 Å². The number of likely N-dealkylation sites (N-methyl/N-ethyl adjacent to an activating group) is 1. The van der Waals surface area contributed by atoms with Gasteiger partial charge in [0.05, 0.1) is 34.4 Å². The maximum Gasteiger partial charge on any atom is 0.362 e. The van der Waals surface area contributed by atoms with Gasteiger partial charge in [-0.3, -0.25) is 4.79 Å². The minimum atomic E-state index is -0.901. The van der Waals surface area contributed by atoms with E-state index in [-0.39, 0.29) is 25.8 Å². The molecule has 0 fully saturated rings. The second-order valence-electron chi connectivity index (χ2n) is 9.09. The number of carbonyl (C=O) groups excluding carboxylic acids is 1. The molecule has 0 heterocycles. The van der Waals surface area contributed by atoms with Crippen molar-refractivity contribution in [3.05, 3.63) is 12.2 Å². The monoisotopic (exact) mass is 444 g/mol. The highest BCUT2D eigenvalue weighted by molar-refractivity contribution is 5.72. The number of carboxylic acids is 1. The van der Waals surface area contributed by atoms with Gasteiger partial charge in [0.2, 0.25) is 0 Å². The third-order valence-electron chi connectivity index (χ3n) is 5.15. The third kappa shape index (κ3) is 17.9. The lowest BCUT2D eigenvalue weighted by molar-refractivity contribution is -0.887. The molecule has 0 radical (unpaired) electrons. The molecule has 0 saturated heterocycles. The molecule has 0 spiro atoms. The largest absolute Gasteiger partial charge is 0.477 e. The predicted molar refractivity (Wildman–Crippen MR) is 123 cm³/mol. The molecule has 2 N–H and O–H groups in total. The SMILES string of the molecule is CCCC/C=C/CCCCCCCC(=O)OCC(O)COCCC(C(=O)O)[N+](C)(C)C. The molecule has 0 aromatic heterocycles. The van der Waals surface area contributed by atoms with Crippen LogP contribution in [0.15, 0.2) is 12.2 Å². The molecule has 2 atom stereocenters. The number of rotatable bonds is 20. The Morgan fingerprint density at radius 1 is 0.935 bits per heavy atom. The number of ether oxygens (including phenoxy) is 2. The van der Waals surface area contributed by atoms with E-state index in [0.717, 1.165) is 25.7 Å². The van der Waals surface area contributed by atoms with Crippen molar-refractivity contribution in [2.75, 3.05) is 41.0 Å². The van der Waals surface area contributed by atoms with E-state index in [2.05, 4.69) is 19.1 Å². The van der Waals surface area contributed by atoms with E-state index in [1.165, 1.54) is 32.1 Å². The minimum absolute atomic E-state index is 0.0175. The van der Waals surface area contributed by atoms with Crippen molar-refractivity contribution in [3.63, 3.8) is 0 Å². The molecule has 7 nitrogen and oxygen atoms in total. The Kier molecular flexibility index (Phi) is 17.3. The van der Waals surface area contributed by atoms with Crippen molar-refractivity contribution in [1.29, 1.82) is 0 Å². The molecule has 0 saturated carbocycles. The smallest absolute Gasteiger partial charge is 0.362 e. The molecular weight excluding hydrogens is 398 g/mol. The van der Waals surface area contributed by atoms with Crippen LogP contribution in [0.5, 0.6) is 0 Å². The second kappa shape index (κ2) is 18.2. The van der Waals surface area contributed by atoms with E-state index in [1.807, 2.05) is 21.1 Å². The quantitative estimate of drug-likeness (QED) is 0.128. The fourth-order valence-corrected chi connectivity index (χ4v) is 3.19. The number of allylic oxidation sites excluding steroid dienone is 2. The number of quaternary nitrogens is 1. The molecule has 182 valence electrons. The average Bonchev–Trinajstić information content (AvgIpc) is 2.69. The Balaban J connectivity index is 3.65. The summed E-state index contributed by atoms with van der Waals surface area (Å²) in [4.78, 5) is 23.1. The van der Waals surface area contributed by atoms with Crippen LogP contribution in [0.3, 0.4) is 0 Å². The van der Waals surface area contributed by atoms with Gasteiger partial charge in [0.15, 0.2) is 6.04 Å². The van der Waals surface area contributed by atoms with E-state index in [9.17, 15) is 19.8 Å². The molecule has 0 aromatic rings. The van der Waals surface area contributed by atoms with Crippen molar-refractivity contribution < 1.29 is 33.8 Å². The molecule has 7 heteroatoms. The van der Waals surface area contributed by atoms with E-state index in [4.69, 9.17) is 9.47 Å². The van der Waals surface area contributed by atoms with E-state index >= 15 is 0 Å². The fourth-order valence-electron chi connectivity index (χ4n) is 3.19. The van der Waals surface area contributed by atoms with Crippen molar-refractivity contribution in [2.24, 2.45) is 0 Å². The van der Waals surface area contributed by atoms with Crippen LogP contribution in [0.1, 0.15) is 77.6 Å². The molecule has 0 amide bonds. The molecule has 2 unspecified atom stereocenters. The number of hydrogen-bond acceptors (Lipinski definition) is 5. The summed E-state index contributed by atoms with van der Waals surface area (Å²) in [5.74, 6) is -1.17. The second-order valence-corrected chi connectivity index (χ2v) is 9.09. The lowest BCUT2D eigenvalue weighted by Crippen LogP contribution is -2.50. The van der Waals surface area contributed by atoms with Gasteiger partial charge >= 0.3 is 11.9 Å². The number of carbonyl (C=O) groups is 2. The third-order valence-corrected chi connectivity index (χ3v) is 5.15. The number of carboxylic acid groups (broad SMARTS) is 1. The molecule has 0 bridgehead atoms. The molecule has 0 aliphatic rings. The van der Waals surface area contributed by atoms with Crippen LogP contribution >= 0.6 is 0 Å². The predicted octanol–water partition coefficient (Wildman–Crippen LogP) is 3.93. The number of hydrogen-bond donors (Lipinski definition) is 2. The number of unbranched alkanes of at least 4 members (excludes halogenated alkanes) is 7. The Morgan fingerprint density at radius 2 is 1.55 bits per heavy atom. The first-order chi connectivity index (χ1) is 14.7. The lowest BCUT2D eigenvalue weighted by atomic mass is 10.1. The first-order valence-corrected chi connectivity index (χ1v) is 11.8. The highest BCUT2D eigenvalue weighted by Crippen LogP contribution is 2.10. The highest BCUT2D eigenvalue weighted by atomic mass is 16.5. The number of aliphatic hydroxyl groups is 1. The molecule has 0 aliphatic heterocycles. The topological polar surface area (TPSA) is 93.1 Å². The van der Waals surface area contributed by atoms with E-state index in [0.29, 0.717) is 17.3 Å². The Morgan fingerprint density at radius 3 is 2.16 bits per heavy atom. The van der Waals surface area contributed by atoms with Gasteiger partial charge in [0.1, 0.15) is 12.7 Å². The zero-order valence-corrected chi connectivity index (χ0v) is 20.2. The normalized spacial score (nSPS) is 14.0. The van der Waals surface area contributed by atoms with Crippen LogP contribution in [0.25, 0.3) is 0 Å². The van der Waals surface area contributed by atoms with Crippen LogP contribution in [0.4, 0.5) is 0 Å². The number of nitrogens with zero attached hydrogens (tertiary/aromatic N) is 1. The summed E-state index contributed by atoms with van der Waals surface area (Å²) in [6.07, 6.45) is 14.5. The van der Waals surface area contributed by atoms with Crippen LogP contribution in [0.2, 0.25) is 0 Å². The Hall–Kier alpha value is -1.44. The van der Waals surface area contributed by atoms with Crippen LogP contribution in [0, 0.1) is 0 Å². The molecular formula is C24H46NO6+. The molecule has 31 heavy (non-hydrogen) atoms. The number of aliphatic carboxylic acids is 1. The zero-order chi connectivity index (χ0) is 23.5. The highest BCUT2D eigenvalue weighted by Gasteiger charge is 2.30. The van der Waals surface area contributed by atoms with Crippen molar-refractivity contribution >= 4 is 11.9 Å². The summed E-state index contributed by atoms with van der Waals surface area (Å²) in [6, 6.07) is -0.572. The molecule has 0 aromatic carbocycles. The van der Waals surface area contributed by atoms with Gasteiger partial charge in [-0.05, 0) is 25.7 Å². The lowest BCUT2D eigenvalue weighted by Gasteiger charge is -2.31. The van der Waals surface area contributed by atoms with Crippen LogP contribution in [-0.4, -0.2) is 79.7 Å². The van der Waals surface area contributed by atoms with Gasteiger partial charge in [-0.25, -0.2) is 4.79 Å². The summed E-state index contributed by atoms with van der Waals surface area (Å²) >= 11 is 0. The maximum atomic E-state index is 11.8. The minimum Gasteiger partial charge on any atom is -0.477 e. The van der Waals surface area contributed by atoms with Gasteiger partial charge in [0, 0.05) is 12.8 Å². The first-order valence-electron chi connectivity index (χ1n) is 11.8. The van der Waals surface area contributed by atoms with Crippen molar-refractivity contribution in [3.8, 4) is 0 Å². The van der Waals surface area contributed by atoms with Gasteiger partial charge in [-0.1, -0.05) is 51.2 Å². The Bertz CT molecular complexity index is 501. The van der Waals surface area contributed by atoms with Gasteiger partial charge in [-0.2, -0.15) is 0 Å². The summed E-state index contributed by atoms with van der Waals surface area (Å²) in [5.41, 5.74) is 0. The van der Waals surface area contributed by atoms with Crippen molar-refractivity contribution in [1.82, 2.24) is 0 Å². The molecule has 0 rings (SSSR count). The number of aliphatic hydroxyl groups excluding tert-OH is 1. The maximum absolute atomic E-state index is 11.8.